The monoisotopic (exact) mass is 394 g/mol. The molecule has 2 aromatic rings. The van der Waals surface area contributed by atoms with Gasteiger partial charge in [-0.25, -0.2) is 0 Å². The zero-order chi connectivity index (χ0) is 17.7. The average Bonchev–Trinajstić information content (AvgIpc) is 2.84. The van der Waals surface area contributed by atoms with Crippen LogP contribution in [-0.2, 0) is 20.7 Å². The van der Waals surface area contributed by atoms with Crippen molar-refractivity contribution in [2.45, 2.75) is 39.7 Å². The number of amides is 1. The van der Waals surface area contributed by atoms with E-state index in [0.717, 1.165) is 15.7 Å². The molecule has 0 saturated heterocycles. The van der Waals surface area contributed by atoms with Gasteiger partial charge in [0, 0.05) is 22.1 Å². The Hall–Kier alpha value is -2.15. The minimum Gasteiger partial charge on any atom is -0.453 e. The van der Waals surface area contributed by atoms with Gasteiger partial charge in [-0.1, -0.05) is 27.2 Å². The lowest BCUT2D eigenvalue weighted by Gasteiger charge is -2.13. The second-order valence-electron chi connectivity index (χ2n) is 5.43. The van der Waals surface area contributed by atoms with Crippen LogP contribution >= 0.6 is 15.9 Å². The number of aromatic nitrogens is 1. The summed E-state index contributed by atoms with van der Waals surface area (Å²) in [5, 5.41) is 6.55. The Kier molecular flexibility index (Phi) is 6.14. The minimum atomic E-state index is -0.874. The van der Waals surface area contributed by atoms with E-state index >= 15 is 0 Å². The summed E-state index contributed by atoms with van der Waals surface area (Å²) in [5.41, 5.74) is 2.30. The van der Waals surface area contributed by atoms with Gasteiger partial charge in [0.15, 0.2) is 6.10 Å². The van der Waals surface area contributed by atoms with E-state index in [1.165, 1.54) is 0 Å². The number of aryl methyl sites for hydroxylation is 2. The molecule has 0 saturated carbocycles. The van der Waals surface area contributed by atoms with Crippen LogP contribution in [-0.4, -0.2) is 23.1 Å². The Labute approximate surface area is 148 Å². The van der Waals surface area contributed by atoms with E-state index in [4.69, 9.17) is 9.26 Å². The van der Waals surface area contributed by atoms with Gasteiger partial charge in [-0.15, -0.1) is 0 Å². The van der Waals surface area contributed by atoms with Gasteiger partial charge < -0.3 is 14.6 Å². The summed E-state index contributed by atoms with van der Waals surface area (Å²) >= 11 is 3.33. The molecule has 2 rings (SSSR count). The second kappa shape index (κ2) is 8.10. The Balaban J connectivity index is 1.83. The van der Waals surface area contributed by atoms with E-state index in [0.29, 0.717) is 17.9 Å². The lowest BCUT2D eigenvalue weighted by molar-refractivity contribution is -0.153. The van der Waals surface area contributed by atoms with Crippen molar-refractivity contribution >= 4 is 33.5 Å². The van der Waals surface area contributed by atoms with E-state index in [2.05, 4.69) is 26.4 Å². The van der Waals surface area contributed by atoms with Crippen molar-refractivity contribution in [3.63, 3.8) is 0 Å². The first-order chi connectivity index (χ1) is 11.4. The first kappa shape index (κ1) is 18.2. The topological polar surface area (TPSA) is 81.4 Å². The van der Waals surface area contributed by atoms with Gasteiger partial charge in [0.1, 0.15) is 5.76 Å². The number of hydrogen-bond donors (Lipinski definition) is 1. The summed E-state index contributed by atoms with van der Waals surface area (Å²) in [5.74, 6) is -0.119. The Bertz CT molecular complexity index is 722. The fourth-order valence-corrected chi connectivity index (χ4v) is 2.60. The highest BCUT2D eigenvalue weighted by Gasteiger charge is 2.19. The van der Waals surface area contributed by atoms with Gasteiger partial charge in [-0.2, -0.15) is 0 Å². The number of ether oxygens (including phenoxy) is 1. The number of anilines is 1. The highest BCUT2D eigenvalue weighted by atomic mass is 79.9. The minimum absolute atomic E-state index is 0.164. The van der Waals surface area contributed by atoms with E-state index in [1.807, 2.05) is 13.0 Å². The Morgan fingerprint density at radius 2 is 2.12 bits per heavy atom. The number of nitrogens with zero attached hydrogens (tertiary/aromatic N) is 1. The molecule has 6 nitrogen and oxygen atoms in total. The molecule has 1 heterocycles. The number of halogens is 1. The third kappa shape index (κ3) is 4.92. The largest absolute Gasteiger partial charge is 0.453 e. The molecule has 0 aliphatic carbocycles. The van der Waals surface area contributed by atoms with E-state index in [-0.39, 0.29) is 12.3 Å². The molecule has 0 aliphatic heterocycles. The van der Waals surface area contributed by atoms with Crippen LogP contribution in [0.2, 0.25) is 0 Å². The number of hydrogen-bond acceptors (Lipinski definition) is 5. The summed E-state index contributed by atoms with van der Waals surface area (Å²) < 4.78 is 11.1. The molecule has 0 fully saturated rings. The zero-order valence-corrected chi connectivity index (χ0v) is 15.3. The van der Waals surface area contributed by atoms with Crippen LogP contribution in [0.1, 0.15) is 30.4 Å². The quantitative estimate of drug-likeness (QED) is 0.757. The predicted molar refractivity (Wildman–Crippen MR) is 92.6 cm³/mol. The number of esters is 1. The second-order valence-corrected chi connectivity index (χ2v) is 6.35. The molecule has 1 aromatic heterocycles. The third-order valence-electron chi connectivity index (χ3n) is 3.53. The van der Waals surface area contributed by atoms with Crippen LogP contribution in [0.15, 0.2) is 33.3 Å². The molecule has 128 valence electrons. The molecule has 0 radical (unpaired) electrons. The molecule has 1 aromatic carbocycles. The molecule has 0 bridgehead atoms. The average molecular weight is 395 g/mol. The smallest absolute Gasteiger partial charge is 0.306 e. The van der Waals surface area contributed by atoms with Crippen LogP contribution in [0.25, 0.3) is 0 Å². The number of rotatable bonds is 6. The lowest BCUT2D eigenvalue weighted by atomic mass is 10.1. The maximum Gasteiger partial charge on any atom is 0.306 e. The van der Waals surface area contributed by atoms with Crippen LogP contribution in [0, 0.1) is 13.8 Å². The van der Waals surface area contributed by atoms with Crippen LogP contribution in [0.3, 0.4) is 0 Å². The first-order valence-electron chi connectivity index (χ1n) is 7.54. The predicted octanol–water partition coefficient (Wildman–Crippen LogP) is 3.56. The van der Waals surface area contributed by atoms with E-state index < -0.39 is 12.1 Å². The Morgan fingerprint density at radius 1 is 1.38 bits per heavy atom. The molecule has 24 heavy (non-hydrogen) atoms. The SMILES string of the molecule is Cc1noc(C)c1CCC(=O)O[C@@H](C)C(=O)Nc1cccc(Br)c1. The number of nitrogens with one attached hydrogen (secondary N) is 1. The first-order valence-corrected chi connectivity index (χ1v) is 8.33. The summed E-state index contributed by atoms with van der Waals surface area (Å²) in [6, 6.07) is 7.19. The summed E-state index contributed by atoms with van der Waals surface area (Å²) in [4.78, 5) is 24.0. The van der Waals surface area contributed by atoms with Gasteiger partial charge in [-0.3, -0.25) is 9.59 Å². The molecule has 0 spiro atoms. The van der Waals surface area contributed by atoms with Crippen molar-refractivity contribution in [2.75, 3.05) is 5.32 Å². The molecule has 0 aliphatic rings. The summed E-state index contributed by atoms with van der Waals surface area (Å²) in [6.07, 6.45) is -0.238. The van der Waals surface area contributed by atoms with Crippen LogP contribution in [0.4, 0.5) is 5.69 Å². The normalized spacial score (nSPS) is 11.8. The van der Waals surface area contributed by atoms with Crippen LogP contribution in [0.5, 0.6) is 0 Å². The fraction of sp³-hybridized carbons (Fsp3) is 0.353. The van der Waals surface area contributed by atoms with Crippen LogP contribution < -0.4 is 5.32 Å². The van der Waals surface area contributed by atoms with Crippen molar-refractivity contribution in [3.8, 4) is 0 Å². The van der Waals surface area contributed by atoms with Crippen molar-refractivity contribution < 1.29 is 18.8 Å². The number of carbonyl (C=O) groups is 2. The summed E-state index contributed by atoms with van der Waals surface area (Å²) in [6.45, 7) is 5.17. The maximum absolute atomic E-state index is 12.1. The molecule has 1 amide bonds. The molecule has 1 N–H and O–H groups in total. The maximum atomic E-state index is 12.1. The zero-order valence-electron chi connectivity index (χ0n) is 13.8. The van der Waals surface area contributed by atoms with Crippen molar-refractivity contribution in [3.05, 3.63) is 45.8 Å². The molecular formula is C17H19BrN2O4. The highest BCUT2D eigenvalue weighted by molar-refractivity contribution is 9.10. The summed E-state index contributed by atoms with van der Waals surface area (Å²) in [7, 11) is 0. The lowest BCUT2D eigenvalue weighted by Crippen LogP contribution is -2.30. The molecular weight excluding hydrogens is 376 g/mol. The van der Waals surface area contributed by atoms with Crippen molar-refractivity contribution in [2.24, 2.45) is 0 Å². The molecule has 0 unspecified atom stereocenters. The van der Waals surface area contributed by atoms with Gasteiger partial charge in [0.2, 0.25) is 0 Å². The van der Waals surface area contributed by atoms with Gasteiger partial charge in [0.05, 0.1) is 5.69 Å². The van der Waals surface area contributed by atoms with Gasteiger partial charge in [0.25, 0.3) is 5.91 Å². The Morgan fingerprint density at radius 3 is 2.75 bits per heavy atom. The number of benzene rings is 1. The fourth-order valence-electron chi connectivity index (χ4n) is 2.21. The standard InChI is InChI=1S/C17H19BrN2O4/c1-10-15(11(2)24-20-10)7-8-16(21)23-12(3)17(22)19-14-6-4-5-13(18)9-14/h4-6,9,12H,7-8H2,1-3H3,(H,19,22)/t12-/m0/s1. The van der Waals surface area contributed by atoms with Crippen molar-refractivity contribution in [1.29, 1.82) is 0 Å². The third-order valence-corrected chi connectivity index (χ3v) is 4.02. The van der Waals surface area contributed by atoms with Gasteiger partial charge >= 0.3 is 5.97 Å². The molecule has 7 heteroatoms. The highest BCUT2D eigenvalue weighted by Crippen LogP contribution is 2.17. The number of carbonyl (C=O) groups excluding carboxylic acids is 2. The molecule has 1 atom stereocenters. The van der Waals surface area contributed by atoms with Gasteiger partial charge in [-0.05, 0) is 45.4 Å². The van der Waals surface area contributed by atoms with E-state index in [1.54, 1.807) is 32.0 Å². The van der Waals surface area contributed by atoms with Crippen molar-refractivity contribution in [1.82, 2.24) is 5.16 Å². The van der Waals surface area contributed by atoms with E-state index in [9.17, 15) is 9.59 Å².